The summed E-state index contributed by atoms with van der Waals surface area (Å²) in [6.07, 6.45) is 6.31. The number of aromatic nitrogens is 4. The average molecular weight is 584 g/mol. The van der Waals surface area contributed by atoms with Gasteiger partial charge in [-0.15, -0.1) is 0 Å². The summed E-state index contributed by atoms with van der Waals surface area (Å²) in [7, 11) is 0. The first kappa shape index (κ1) is 30.1. The Labute approximate surface area is 245 Å². The summed E-state index contributed by atoms with van der Waals surface area (Å²) >= 11 is 6.31. The molecule has 1 saturated heterocycles. The van der Waals surface area contributed by atoms with Gasteiger partial charge >= 0.3 is 12.2 Å². The molecule has 0 N–H and O–H groups in total. The van der Waals surface area contributed by atoms with Gasteiger partial charge in [-0.1, -0.05) is 31.2 Å². The number of carbonyl (C=O) groups excluding carboxylic acids is 2. The largest absolute Gasteiger partial charge is 0.445 e. The predicted octanol–water partition coefficient (Wildman–Crippen LogP) is 5.84. The fraction of sp³-hybridized carbons (Fsp3) is 0.483. The van der Waals surface area contributed by atoms with Gasteiger partial charge < -0.3 is 19.3 Å². The number of fused-ring (bicyclic) bond motifs is 1. The Bertz CT molecular complexity index is 1420. The summed E-state index contributed by atoms with van der Waals surface area (Å²) < 4.78 is 12.9. The van der Waals surface area contributed by atoms with E-state index in [2.05, 4.69) is 21.4 Å². The molecule has 1 aliphatic rings. The van der Waals surface area contributed by atoms with E-state index in [9.17, 15) is 9.59 Å². The number of nitrogens with zero attached hydrogens (tertiary/aromatic N) is 7. The fourth-order valence-corrected chi connectivity index (χ4v) is 5.04. The minimum atomic E-state index is -0.592. The lowest BCUT2D eigenvalue weighted by Crippen LogP contribution is -2.59. The van der Waals surface area contributed by atoms with Crippen LogP contribution in [-0.4, -0.2) is 80.5 Å². The molecule has 2 atom stereocenters. The summed E-state index contributed by atoms with van der Waals surface area (Å²) in [4.78, 5) is 45.6. The SMILES string of the molecule is C=CCOC(=O)N(CCC)c1cn(-c2cc(Cl)ccn2)c2ncnc(N3C[C@@H](C)N(C(=O)OC(C)(C)C)C[C@@H]3C)c12. The number of piperazine rings is 1. The van der Waals surface area contributed by atoms with Crippen LogP contribution in [0.4, 0.5) is 21.1 Å². The van der Waals surface area contributed by atoms with E-state index < -0.39 is 11.7 Å². The van der Waals surface area contributed by atoms with Crippen LogP contribution in [0.25, 0.3) is 16.9 Å². The molecule has 41 heavy (non-hydrogen) atoms. The molecule has 0 spiro atoms. The molecule has 3 aromatic rings. The first-order valence-electron chi connectivity index (χ1n) is 13.7. The topological polar surface area (TPSA) is 106 Å². The lowest BCUT2D eigenvalue weighted by atomic mass is 10.1. The molecule has 1 aliphatic heterocycles. The highest BCUT2D eigenvalue weighted by atomic mass is 35.5. The predicted molar refractivity (Wildman–Crippen MR) is 160 cm³/mol. The van der Waals surface area contributed by atoms with E-state index in [1.54, 1.807) is 32.7 Å². The number of anilines is 2. The highest BCUT2D eigenvalue weighted by Gasteiger charge is 2.37. The van der Waals surface area contributed by atoms with Crippen LogP contribution in [0.15, 0.2) is 43.5 Å². The van der Waals surface area contributed by atoms with Crippen LogP contribution in [0.5, 0.6) is 0 Å². The average Bonchev–Trinajstić information content (AvgIpc) is 3.30. The van der Waals surface area contributed by atoms with E-state index in [0.29, 0.717) is 59.4 Å². The fourth-order valence-electron chi connectivity index (χ4n) is 4.89. The van der Waals surface area contributed by atoms with Crippen molar-refractivity contribution in [1.82, 2.24) is 24.4 Å². The number of carbonyl (C=O) groups is 2. The van der Waals surface area contributed by atoms with Crippen molar-refractivity contribution in [2.75, 3.05) is 36.0 Å². The van der Waals surface area contributed by atoms with Crippen LogP contribution < -0.4 is 9.80 Å². The van der Waals surface area contributed by atoms with Gasteiger partial charge in [0.25, 0.3) is 0 Å². The molecule has 4 heterocycles. The maximum absolute atomic E-state index is 13.3. The zero-order valence-electron chi connectivity index (χ0n) is 24.5. The van der Waals surface area contributed by atoms with Crippen LogP contribution in [0.1, 0.15) is 48.0 Å². The quantitative estimate of drug-likeness (QED) is 0.319. The van der Waals surface area contributed by atoms with Gasteiger partial charge in [-0.25, -0.2) is 24.5 Å². The Kier molecular flexibility index (Phi) is 9.06. The lowest BCUT2D eigenvalue weighted by molar-refractivity contribution is 0.0130. The number of ether oxygens (including phenoxy) is 2. The molecular weight excluding hydrogens is 546 g/mol. The van der Waals surface area contributed by atoms with Gasteiger partial charge in [0, 0.05) is 55.2 Å². The summed E-state index contributed by atoms with van der Waals surface area (Å²) in [5.41, 5.74) is 0.556. The van der Waals surface area contributed by atoms with E-state index in [1.165, 1.54) is 12.4 Å². The molecule has 0 aliphatic carbocycles. The molecule has 2 amide bonds. The maximum atomic E-state index is 13.3. The minimum absolute atomic E-state index is 0.0814. The molecule has 220 valence electrons. The Morgan fingerprint density at radius 3 is 2.61 bits per heavy atom. The second kappa shape index (κ2) is 12.3. The smallest absolute Gasteiger partial charge is 0.414 e. The molecule has 0 bridgehead atoms. The molecule has 11 nitrogen and oxygen atoms in total. The number of pyridine rings is 1. The highest BCUT2D eigenvalue weighted by molar-refractivity contribution is 6.30. The summed E-state index contributed by atoms with van der Waals surface area (Å²) in [5.74, 6) is 1.19. The van der Waals surface area contributed by atoms with Crippen molar-refractivity contribution in [2.45, 2.75) is 65.6 Å². The number of hydrogen-bond donors (Lipinski definition) is 0. The van der Waals surface area contributed by atoms with Gasteiger partial charge in [0.1, 0.15) is 30.2 Å². The van der Waals surface area contributed by atoms with Crippen molar-refractivity contribution in [3.05, 3.63) is 48.5 Å². The molecule has 4 rings (SSSR count). The highest BCUT2D eigenvalue weighted by Crippen LogP contribution is 2.38. The molecule has 0 unspecified atom stereocenters. The number of hydrogen-bond acceptors (Lipinski definition) is 8. The molecule has 12 heteroatoms. The first-order chi connectivity index (χ1) is 19.4. The van der Waals surface area contributed by atoms with Gasteiger partial charge in [0.2, 0.25) is 0 Å². The minimum Gasteiger partial charge on any atom is -0.445 e. The van der Waals surface area contributed by atoms with E-state index in [0.717, 1.165) is 0 Å². The van der Waals surface area contributed by atoms with Crippen LogP contribution in [0.3, 0.4) is 0 Å². The maximum Gasteiger partial charge on any atom is 0.414 e. The van der Waals surface area contributed by atoms with Crippen LogP contribution in [-0.2, 0) is 9.47 Å². The van der Waals surface area contributed by atoms with Gasteiger partial charge in [-0.05, 0) is 47.1 Å². The zero-order valence-corrected chi connectivity index (χ0v) is 25.3. The molecule has 0 aromatic carbocycles. The summed E-state index contributed by atoms with van der Waals surface area (Å²) in [6, 6.07) is 3.17. The number of amides is 2. The van der Waals surface area contributed by atoms with Crippen molar-refractivity contribution >= 4 is 46.3 Å². The van der Waals surface area contributed by atoms with E-state index in [1.807, 2.05) is 47.7 Å². The van der Waals surface area contributed by atoms with E-state index in [4.69, 9.17) is 26.1 Å². The van der Waals surface area contributed by atoms with Crippen molar-refractivity contribution in [3.8, 4) is 5.82 Å². The molecular formula is C29H38ClN7O4. The van der Waals surface area contributed by atoms with Gasteiger partial charge in [0.15, 0.2) is 5.65 Å². The summed E-state index contributed by atoms with van der Waals surface area (Å²) in [5, 5.41) is 1.19. The van der Waals surface area contributed by atoms with Crippen molar-refractivity contribution in [1.29, 1.82) is 0 Å². The van der Waals surface area contributed by atoms with Gasteiger partial charge in [-0.3, -0.25) is 9.47 Å². The monoisotopic (exact) mass is 583 g/mol. The van der Waals surface area contributed by atoms with E-state index in [-0.39, 0.29) is 24.8 Å². The third-order valence-corrected chi connectivity index (χ3v) is 6.90. The standard InChI is InChI=1S/C29H38ClN7O4/c1-8-12-34(27(38)40-13-9-2)22-17-37(23-14-21(30)10-11-31-23)26-24(22)25(32-18-33-26)35-15-20(4)36(16-19(35)3)28(39)41-29(5,6)7/h9-11,14,17-20H,2,8,12-13,15-16H2,1,3-7H3/t19-,20+/m0/s1. The molecule has 0 saturated carbocycles. The molecule has 3 aromatic heterocycles. The Morgan fingerprint density at radius 2 is 1.95 bits per heavy atom. The third-order valence-electron chi connectivity index (χ3n) is 6.67. The third kappa shape index (κ3) is 6.56. The number of rotatable bonds is 7. The lowest BCUT2D eigenvalue weighted by Gasteiger charge is -2.44. The van der Waals surface area contributed by atoms with Gasteiger partial charge in [-0.2, -0.15) is 0 Å². The zero-order chi connectivity index (χ0) is 29.9. The van der Waals surface area contributed by atoms with Crippen LogP contribution in [0, 0.1) is 0 Å². The van der Waals surface area contributed by atoms with Crippen LogP contribution >= 0.6 is 11.6 Å². The number of halogens is 1. The van der Waals surface area contributed by atoms with Crippen LogP contribution in [0.2, 0.25) is 5.02 Å². The Balaban J connectivity index is 1.84. The molecule has 0 radical (unpaired) electrons. The Hall–Kier alpha value is -3.86. The van der Waals surface area contributed by atoms with Crippen molar-refractivity contribution in [2.24, 2.45) is 0 Å². The summed E-state index contributed by atoms with van der Waals surface area (Å²) in [6.45, 7) is 16.7. The second-order valence-electron chi connectivity index (χ2n) is 11.1. The van der Waals surface area contributed by atoms with E-state index >= 15 is 0 Å². The second-order valence-corrected chi connectivity index (χ2v) is 11.5. The van der Waals surface area contributed by atoms with Crippen molar-refractivity contribution < 1.29 is 19.1 Å². The Morgan fingerprint density at radius 1 is 1.20 bits per heavy atom. The molecule has 1 fully saturated rings. The normalized spacial score (nSPS) is 17.4. The first-order valence-corrected chi connectivity index (χ1v) is 14.1. The van der Waals surface area contributed by atoms with Gasteiger partial charge in [0.05, 0.1) is 11.1 Å². The van der Waals surface area contributed by atoms with Crippen molar-refractivity contribution in [3.63, 3.8) is 0 Å².